The fourth-order valence-corrected chi connectivity index (χ4v) is 5.95. The maximum absolute atomic E-state index is 12.8. The third-order valence-corrected chi connectivity index (χ3v) is 8.17. The Balaban J connectivity index is 1.45. The lowest BCUT2D eigenvalue weighted by molar-refractivity contribution is -0.137. The van der Waals surface area contributed by atoms with E-state index in [1.807, 2.05) is 30.3 Å². The van der Waals surface area contributed by atoms with Crippen LogP contribution in [0.5, 0.6) is 0 Å². The first-order chi connectivity index (χ1) is 14.7. The van der Waals surface area contributed by atoms with Gasteiger partial charge < -0.3 is 4.72 Å². The molecule has 0 atom stereocenters. The van der Waals surface area contributed by atoms with E-state index in [9.17, 15) is 13.2 Å². The quantitative estimate of drug-likeness (QED) is 0.256. The molecule has 0 unspecified atom stereocenters. The fraction of sp³-hybridized carbons (Fsp3) is 0.0500. The normalized spacial score (nSPS) is 11.8. The lowest BCUT2D eigenvalue weighted by Gasteiger charge is -2.11. The van der Waals surface area contributed by atoms with Gasteiger partial charge in [-0.15, -0.1) is 11.3 Å². The van der Waals surface area contributed by atoms with Crippen molar-refractivity contribution < 1.29 is 13.2 Å². The maximum atomic E-state index is 12.8. The van der Waals surface area contributed by atoms with Crippen molar-refractivity contribution in [3.05, 3.63) is 75.2 Å². The van der Waals surface area contributed by atoms with Gasteiger partial charge in [0.2, 0.25) is 0 Å². The van der Waals surface area contributed by atoms with Crippen LogP contribution in [0.1, 0.15) is 5.56 Å². The Morgan fingerprint density at radius 3 is 2.32 bits per heavy atom. The summed E-state index contributed by atoms with van der Waals surface area (Å²) in [5, 5.41) is 1.17. The highest BCUT2D eigenvalue weighted by molar-refractivity contribution is 8.01. The van der Waals surface area contributed by atoms with E-state index in [1.54, 1.807) is 17.4 Å². The molecule has 0 radical (unpaired) electrons. The predicted molar refractivity (Wildman–Crippen MR) is 126 cm³/mol. The first-order valence-electron chi connectivity index (χ1n) is 8.52. The summed E-state index contributed by atoms with van der Waals surface area (Å²) in [5.74, 6) is 0. The summed E-state index contributed by atoms with van der Waals surface area (Å²) in [4.78, 5) is 5.86. The molecule has 0 aliphatic heterocycles. The second-order valence-corrected chi connectivity index (χ2v) is 10.6. The summed E-state index contributed by atoms with van der Waals surface area (Å²) in [6.45, 7) is 0. The Labute approximate surface area is 203 Å². The van der Waals surface area contributed by atoms with Gasteiger partial charge in [-0.1, -0.05) is 46.6 Å². The highest BCUT2D eigenvalue weighted by Gasteiger charge is 2.30. The molecule has 1 aromatic heterocycles. The molecule has 31 heavy (non-hydrogen) atoms. The van der Waals surface area contributed by atoms with Crippen LogP contribution in [0.25, 0.3) is 10.2 Å². The molecule has 0 amide bonds. The van der Waals surface area contributed by atoms with E-state index >= 15 is 0 Å². The van der Waals surface area contributed by atoms with Gasteiger partial charge in [0.1, 0.15) is 0 Å². The van der Waals surface area contributed by atoms with E-state index in [-0.39, 0.29) is 5.02 Å². The molecule has 1 N–H and O–H groups in total. The molecule has 1 heterocycles. The van der Waals surface area contributed by atoms with E-state index in [2.05, 4.69) is 9.71 Å². The predicted octanol–water partition coefficient (Wildman–Crippen LogP) is 9.55. The number of nitrogens with zero attached hydrogens (tertiary/aromatic N) is 1. The molecule has 0 saturated heterocycles. The van der Waals surface area contributed by atoms with Gasteiger partial charge in [-0.05, 0) is 66.5 Å². The van der Waals surface area contributed by atoms with Crippen molar-refractivity contribution in [2.75, 3.05) is 4.72 Å². The van der Waals surface area contributed by atoms with Crippen LogP contribution in [0.4, 0.5) is 18.9 Å². The largest absolute Gasteiger partial charge is 0.416 e. The number of thiazole rings is 1. The number of aromatic nitrogens is 1. The summed E-state index contributed by atoms with van der Waals surface area (Å²) in [7, 11) is 0. The van der Waals surface area contributed by atoms with Crippen LogP contribution in [-0.2, 0) is 6.18 Å². The Hall–Kier alpha value is -1.29. The number of fused-ring (bicyclic) bond motifs is 1. The van der Waals surface area contributed by atoms with E-state index < -0.39 is 11.7 Å². The van der Waals surface area contributed by atoms with Crippen LogP contribution in [-0.4, -0.2) is 4.98 Å². The number of hydrogen-bond acceptors (Lipinski definition) is 5. The summed E-state index contributed by atoms with van der Waals surface area (Å²) < 4.78 is 43.2. The lowest BCUT2D eigenvalue weighted by Crippen LogP contribution is -2.04. The molecule has 4 rings (SSSR count). The van der Waals surface area contributed by atoms with Gasteiger partial charge in [-0.25, -0.2) is 4.98 Å². The highest BCUT2D eigenvalue weighted by Crippen LogP contribution is 2.40. The first-order valence-corrected chi connectivity index (χ1v) is 12.1. The number of rotatable bonds is 5. The molecule has 2 nitrogen and oxygen atoms in total. The van der Waals surface area contributed by atoms with Gasteiger partial charge in [0, 0.05) is 20.5 Å². The summed E-state index contributed by atoms with van der Waals surface area (Å²) in [5.41, 5.74) is 0.731. The van der Waals surface area contributed by atoms with Gasteiger partial charge >= 0.3 is 6.18 Å². The van der Waals surface area contributed by atoms with E-state index in [1.165, 1.54) is 17.8 Å². The smallest absolute Gasteiger partial charge is 0.326 e. The first kappa shape index (κ1) is 22.9. The van der Waals surface area contributed by atoms with E-state index in [0.717, 1.165) is 43.5 Å². The zero-order valence-electron chi connectivity index (χ0n) is 15.1. The van der Waals surface area contributed by atoms with Crippen molar-refractivity contribution in [2.24, 2.45) is 0 Å². The van der Waals surface area contributed by atoms with Crippen molar-refractivity contribution in [1.82, 2.24) is 4.98 Å². The van der Waals surface area contributed by atoms with Crippen LogP contribution < -0.4 is 4.72 Å². The second kappa shape index (κ2) is 9.29. The van der Waals surface area contributed by atoms with Crippen molar-refractivity contribution in [3.8, 4) is 0 Å². The van der Waals surface area contributed by atoms with Crippen molar-refractivity contribution in [1.29, 1.82) is 0 Å². The molecule has 0 spiro atoms. The molecule has 11 heteroatoms. The van der Waals surface area contributed by atoms with Gasteiger partial charge in [-0.3, -0.25) is 0 Å². The van der Waals surface area contributed by atoms with Gasteiger partial charge in [0.05, 0.1) is 25.8 Å². The zero-order valence-corrected chi connectivity index (χ0v) is 19.9. The van der Waals surface area contributed by atoms with E-state index in [4.69, 9.17) is 34.8 Å². The topological polar surface area (TPSA) is 24.9 Å². The lowest BCUT2D eigenvalue weighted by atomic mass is 10.2. The molecule has 4 aromatic rings. The van der Waals surface area contributed by atoms with Gasteiger partial charge in [0.25, 0.3) is 0 Å². The van der Waals surface area contributed by atoms with Crippen LogP contribution in [0.2, 0.25) is 15.1 Å². The maximum Gasteiger partial charge on any atom is 0.416 e. The van der Waals surface area contributed by atoms with Crippen molar-refractivity contribution >= 4 is 85.8 Å². The Bertz CT molecular complexity index is 1260. The number of anilines is 1. The fourth-order valence-electron chi connectivity index (χ4n) is 2.54. The zero-order chi connectivity index (χ0) is 22.2. The van der Waals surface area contributed by atoms with Gasteiger partial charge in [-0.2, -0.15) is 13.2 Å². The highest BCUT2D eigenvalue weighted by atomic mass is 35.5. The molecule has 0 bridgehead atoms. The minimum atomic E-state index is -4.43. The van der Waals surface area contributed by atoms with Crippen LogP contribution >= 0.6 is 69.8 Å². The summed E-state index contributed by atoms with van der Waals surface area (Å²) in [6, 6.07) is 14.2. The average molecular weight is 538 g/mol. The van der Waals surface area contributed by atoms with Crippen molar-refractivity contribution in [3.63, 3.8) is 0 Å². The molecule has 0 fully saturated rings. The Morgan fingerprint density at radius 1 is 0.871 bits per heavy atom. The summed E-state index contributed by atoms with van der Waals surface area (Å²) >= 11 is 22.5. The molecule has 160 valence electrons. The minimum Gasteiger partial charge on any atom is -0.326 e. The van der Waals surface area contributed by atoms with Crippen molar-refractivity contribution in [2.45, 2.75) is 20.3 Å². The Kier molecular flexibility index (Phi) is 6.86. The third-order valence-electron chi connectivity index (χ3n) is 4.00. The second-order valence-electron chi connectivity index (χ2n) is 6.19. The number of nitrogens with one attached hydrogen (secondary N) is 1. The number of benzene rings is 3. The molecule has 0 saturated carbocycles. The molecule has 0 aliphatic rings. The van der Waals surface area contributed by atoms with Crippen LogP contribution in [0, 0.1) is 0 Å². The summed E-state index contributed by atoms with van der Waals surface area (Å²) in [6.07, 6.45) is -4.43. The third kappa shape index (κ3) is 5.56. The molecular weight excluding hydrogens is 528 g/mol. The van der Waals surface area contributed by atoms with E-state index in [0.29, 0.717) is 20.6 Å². The molecular formula is C20H10Cl3F3N2S3. The van der Waals surface area contributed by atoms with Gasteiger partial charge in [0.15, 0.2) is 4.34 Å². The van der Waals surface area contributed by atoms with Crippen LogP contribution in [0.3, 0.4) is 0 Å². The average Bonchev–Trinajstić information content (AvgIpc) is 3.09. The van der Waals surface area contributed by atoms with Crippen LogP contribution in [0.15, 0.2) is 68.7 Å². The monoisotopic (exact) mass is 536 g/mol. The minimum absolute atomic E-state index is 0.0153. The Morgan fingerprint density at radius 2 is 1.61 bits per heavy atom. The number of hydrogen-bond donors (Lipinski definition) is 1. The standard InChI is InChI=1S/C20H10Cl3F3N2S3/c21-11-2-5-18-15(8-11)27-19(30-18)29-16-6-3-12(9-14(16)23)28-31-17-4-1-10(7-13(17)22)20(24,25)26/h1-9,28H. The molecule has 3 aromatic carbocycles. The number of alkyl halides is 3. The molecule has 0 aliphatic carbocycles. The SMILES string of the molecule is FC(F)(F)c1ccc(SNc2ccc(Sc3nc4cc(Cl)ccc4s3)c(Cl)c2)c(Cl)c1. The number of halogens is 6.